The lowest BCUT2D eigenvalue weighted by Gasteiger charge is -2.29. The van der Waals surface area contributed by atoms with Gasteiger partial charge in [0, 0.05) is 14.1 Å². The van der Waals surface area contributed by atoms with Crippen LogP contribution in [-0.2, 0) is 4.74 Å². The Morgan fingerprint density at radius 2 is 2.20 bits per heavy atom. The van der Waals surface area contributed by atoms with Gasteiger partial charge in [-0.15, -0.1) is 0 Å². The van der Waals surface area contributed by atoms with E-state index in [1.165, 1.54) is 17.8 Å². The Kier molecular flexibility index (Phi) is 4.13. The minimum Gasteiger partial charge on any atom is -0.394 e. The SMILES string of the molecule is C=C(C)[C@@]1(F)[C@H](O)[C@@H](CO)O[C@H]1n1cnc2c(N(C)C)nc(N)nc21. The first-order valence-corrected chi connectivity index (χ1v) is 7.68. The summed E-state index contributed by atoms with van der Waals surface area (Å²) in [5.74, 6) is 0.466. The first-order valence-electron chi connectivity index (χ1n) is 7.68. The molecule has 0 bridgehead atoms. The number of aliphatic hydroxyl groups is 2. The van der Waals surface area contributed by atoms with Gasteiger partial charge in [-0.05, 0) is 12.5 Å². The van der Waals surface area contributed by atoms with Gasteiger partial charge in [-0.2, -0.15) is 9.97 Å². The number of halogens is 1. The minimum atomic E-state index is -2.32. The molecule has 4 atom stereocenters. The first-order chi connectivity index (χ1) is 11.7. The highest BCUT2D eigenvalue weighted by Crippen LogP contribution is 2.46. The fourth-order valence-corrected chi connectivity index (χ4v) is 3.03. The van der Waals surface area contributed by atoms with Crippen molar-refractivity contribution < 1.29 is 19.3 Å². The third-order valence-corrected chi connectivity index (χ3v) is 4.38. The number of alkyl halides is 1. The number of anilines is 2. The normalized spacial score (nSPS) is 29.3. The summed E-state index contributed by atoms with van der Waals surface area (Å²) in [5.41, 5.74) is 4.18. The highest BCUT2D eigenvalue weighted by Gasteiger charge is 2.59. The lowest BCUT2D eigenvalue weighted by molar-refractivity contribution is -0.0530. The van der Waals surface area contributed by atoms with Crippen LogP contribution in [0.1, 0.15) is 13.2 Å². The number of ether oxygens (including phenoxy) is 1. The van der Waals surface area contributed by atoms with Gasteiger partial charge in [-0.3, -0.25) is 4.57 Å². The third kappa shape index (κ3) is 2.44. The Balaban J connectivity index is 2.20. The molecule has 0 aliphatic carbocycles. The number of nitrogens with two attached hydrogens (primary N) is 1. The predicted molar refractivity (Wildman–Crippen MR) is 89.7 cm³/mol. The first kappa shape index (κ1) is 17.5. The molecule has 1 aliphatic rings. The molecule has 0 saturated carbocycles. The molecule has 136 valence electrons. The van der Waals surface area contributed by atoms with E-state index in [0.717, 1.165) is 0 Å². The fourth-order valence-electron chi connectivity index (χ4n) is 3.03. The van der Waals surface area contributed by atoms with Crippen molar-refractivity contribution in [2.24, 2.45) is 0 Å². The van der Waals surface area contributed by atoms with Gasteiger partial charge >= 0.3 is 0 Å². The second kappa shape index (κ2) is 5.90. The molecule has 4 N–H and O–H groups in total. The molecule has 1 fully saturated rings. The summed E-state index contributed by atoms with van der Waals surface area (Å²) in [6, 6.07) is 0. The van der Waals surface area contributed by atoms with Gasteiger partial charge in [-0.25, -0.2) is 9.37 Å². The number of nitrogens with zero attached hydrogens (tertiary/aromatic N) is 5. The van der Waals surface area contributed by atoms with E-state index in [0.29, 0.717) is 11.3 Å². The average Bonchev–Trinajstić information content (AvgIpc) is 3.07. The summed E-state index contributed by atoms with van der Waals surface area (Å²) in [5, 5.41) is 19.7. The van der Waals surface area contributed by atoms with Crippen molar-refractivity contribution in [3.8, 4) is 0 Å². The molecule has 0 unspecified atom stereocenters. The van der Waals surface area contributed by atoms with Gasteiger partial charge in [0.05, 0.1) is 12.9 Å². The van der Waals surface area contributed by atoms with Gasteiger partial charge in [-0.1, -0.05) is 6.58 Å². The van der Waals surface area contributed by atoms with Crippen molar-refractivity contribution in [3.63, 3.8) is 0 Å². The molecular formula is C15H21FN6O3. The van der Waals surface area contributed by atoms with Gasteiger partial charge in [0.15, 0.2) is 23.2 Å². The molecular weight excluding hydrogens is 331 g/mol. The summed E-state index contributed by atoms with van der Waals surface area (Å²) in [4.78, 5) is 14.2. The monoisotopic (exact) mass is 352 g/mol. The zero-order valence-corrected chi connectivity index (χ0v) is 14.2. The van der Waals surface area contributed by atoms with Crippen LogP contribution in [0.2, 0.25) is 0 Å². The Morgan fingerprint density at radius 3 is 2.76 bits per heavy atom. The molecule has 25 heavy (non-hydrogen) atoms. The molecule has 2 aromatic heterocycles. The zero-order chi connectivity index (χ0) is 18.5. The molecule has 1 saturated heterocycles. The number of hydrogen-bond acceptors (Lipinski definition) is 8. The Hall–Kier alpha value is -2.30. The molecule has 3 heterocycles. The van der Waals surface area contributed by atoms with E-state index in [4.69, 9.17) is 10.5 Å². The predicted octanol–water partition coefficient (Wildman–Crippen LogP) is 0.00950. The number of nitrogen functional groups attached to an aromatic ring is 1. The van der Waals surface area contributed by atoms with Crippen molar-refractivity contribution in [2.45, 2.75) is 31.0 Å². The van der Waals surface area contributed by atoms with Crippen LogP contribution in [0, 0.1) is 0 Å². The van der Waals surface area contributed by atoms with Crippen molar-refractivity contribution in [3.05, 3.63) is 18.5 Å². The fraction of sp³-hybridized carbons (Fsp3) is 0.533. The largest absolute Gasteiger partial charge is 0.394 e. The Morgan fingerprint density at radius 1 is 1.52 bits per heavy atom. The Labute approximate surface area is 143 Å². The summed E-state index contributed by atoms with van der Waals surface area (Å²) in [6.45, 7) is 4.55. The van der Waals surface area contributed by atoms with E-state index in [2.05, 4.69) is 21.5 Å². The second-order valence-corrected chi connectivity index (χ2v) is 6.33. The summed E-state index contributed by atoms with van der Waals surface area (Å²) < 4.78 is 22.6. The highest BCUT2D eigenvalue weighted by atomic mass is 19.1. The van der Waals surface area contributed by atoms with Crippen LogP contribution in [0.15, 0.2) is 18.5 Å². The van der Waals surface area contributed by atoms with Crippen molar-refractivity contribution >= 4 is 22.9 Å². The van der Waals surface area contributed by atoms with Crippen molar-refractivity contribution in [1.29, 1.82) is 0 Å². The quantitative estimate of drug-likeness (QED) is 0.658. The van der Waals surface area contributed by atoms with E-state index >= 15 is 4.39 Å². The van der Waals surface area contributed by atoms with Crippen LogP contribution >= 0.6 is 0 Å². The average molecular weight is 352 g/mol. The van der Waals surface area contributed by atoms with Crippen LogP contribution in [-0.4, -0.2) is 68.3 Å². The van der Waals surface area contributed by atoms with Crippen molar-refractivity contribution in [1.82, 2.24) is 19.5 Å². The van der Waals surface area contributed by atoms with E-state index < -0.39 is 30.7 Å². The van der Waals surface area contributed by atoms with Crippen LogP contribution < -0.4 is 10.6 Å². The molecule has 3 rings (SSSR count). The van der Waals surface area contributed by atoms with Crippen LogP contribution in [0.4, 0.5) is 16.2 Å². The van der Waals surface area contributed by atoms with E-state index in [1.807, 2.05) is 0 Å². The minimum absolute atomic E-state index is 0.00464. The van der Waals surface area contributed by atoms with E-state index in [-0.39, 0.29) is 17.2 Å². The maximum absolute atomic E-state index is 15.7. The number of aliphatic hydroxyl groups excluding tert-OH is 2. The Bertz CT molecular complexity index is 825. The number of fused-ring (bicyclic) bond motifs is 1. The standard InChI is InChI=1S/C15H21FN6O3/c1-7(2)15(16)10(24)8(5-23)25-13(15)22-6-18-9-11(21(3)4)19-14(17)20-12(9)22/h6,8,10,13,23-24H,1,5H2,2-4H3,(H2,17,19,20)/t8-,10-,13-,15-/m1/s1. The summed E-state index contributed by atoms with van der Waals surface area (Å²) >= 11 is 0. The lowest BCUT2D eigenvalue weighted by Crippen LogP contribution is -2.44. The summed E-state index contributed by atoms with van der Waals surface area (Å²) in [7, 11) is 3.54. The van der Waals surface area contributed by atoms with E-state index in [9.17, 15) is 10.2 Å². The number of hydrogen-bond donors (Lipinski definition) is 3. The molecule has 10 heteroatoms. The lowest BCUT2D eigenvalue weighted by atomic mass is 9.89. The smallest absolute Gasteiger partial charge is 0.224 e. The highest BCUT2D eigenvalue weighted by molar-refractivity contribution is 5.84. The second-order valence-electron chi connectivity index (χ2n) is 6.33. The van der Waals surface area contributed by atoms with Crippen molar-refractivity contribution in [2.75, 3.05) is 31.3 Å². The summed E-state index contributed by atoms with van der Waals surface area (Å²) in [6.07, 6.45) is -2.63. The van der Waals surface area contributed by atoms with Gasteiger partial charge in [0.1, 0.15) is 12.2 Å². The molecule has 2 aromatic rings. The molecule has 0 radical (unpaired) electrons. The topological polar surface area (TPSA) is 123 Å². The molecule has 9 nitrogen and oxygen atoms in total. The van der Waals surface area contributed by atoms with Crippen LogP contribution in [0.3, 0.4) is 0 Å². The van der Waals surface area contributed by atoms with Gasteiger partial charge in [0.25, 0.3) is 0 Å². The maximum Gasteiger partial charge on any atom is 0.224 e. The van der Waals surface area contributed by atoms with E-state index in [1.54, 1.807) is 19.0 Å². The van der Waals surface area contributed by atoms with Crippen LogP contribution in [0.25, 0.3) is 11.2 Å². The number of aromatic nitrogens is 4. The number of rotatable bonds is 4. The molecule has 0 aromatic carbocycles. The molecule has 1 aliphatic heterocycles. The maximum atomic E-state index is 15.7. The van der Waals surface area contributed by atoms with Gasteiger partial charge in [0.2, 0.25) is 11.6 Å². The number of imidazole rings is 1. The molecule has 0 amide bonds. The van der Waals surface area contributed by atoms with Gasteiger partial charge < -0.3 is 25.6 Å². The zero-order valence-electron chi connectivity index (χ0n) is 14.2. The van der Waals surface area contributed by atoms with Crippen LogP contribution in [0.5, 0.6) is 0 Å². The molecule has 0 spiro atoms. The third-order valence-electron chi connectivity index (χ3n) is 4.38.